The number of aryl methyl sites for hydroxylation is 1. The lowest BCUT2D eigenvalue weighted by Crippen LogP contribution is -1.93. The molecule has 122 valence electrons. The van der Waals surface area contributed by atoms with Gasteiger partial charge in [0.25, 0.3) is 0 Å². The molecule has 0 atom stereocenters. The highest BCUT2D eigenvalue weighted by Crippen LogP contribution is 2.35. The first-order valence-electron chi connectivity index (χ1n) is 7.34. The largest absolute Gasteiger partial charge is 0.497 e. The van der Waals surface area contributed by atoms with E-state index in [0.29, 0.717) is 0 Å². The fraction of sp³-hybridized carbons (Fsp3) is 0.111. The highest BCUT2D eigenvalue weighted by atomic mass is 32.2. The standard InChI is InChI=1S/C18H17N3O2S/c1-21-18(24-15-10-8-14(23-2)9-11-15)16(12-19-22)17(20-21)13-6-4-3-5-7-13/h3-12,22H,1-2H3/b19-12+. The van der Waals surface area contributed by atoms with Crippen molar-refractivity contribution in [3.05, 3.63) is 60.2 Å². The van der Waals surface area contributed by atoms with Gasteiger partial charge in [-0.05, 0) is 24.3 Å². The molecule has 2 aromatic carbocycles. The summed E-state index contributed by atoms with van der Waals surface area (Å²) in [4.78, 5) is 1.05. The van der Waals surface area contributed by atoms with E-state index in [1.165, 1.54) is 6.21 Å². The van der Waals surface area contributed by atoms with Crippen LogP contribution in [-0.4, -0.2) is 28.3 Å². The molecule has 24 heavy (non-hydrogen) atoms. The van der Waals surface area contributed by atoms with Gasteiger partial charge in [0.15, 0.2) is 0 Å². The highest BCUT2D eigenvalue weighted by Gasteiger charge is 2.17. The maximum Gasteiger partial charge on any atom is 0.118 e. The molecule has 0 amide bonds. The Hall–Kier alpha value is -2.73. The van der Waals surface area contributed by atoms with Crippen LogP contribution in [0.4, 0.5) is 0 Å². The monoisotopic (exact) mass is 339 g/mol. The minimum absolute atomic E-state index is 0.784. The molecule has 0 unspecified atom stereocenters. The second kappa shape index (κ2) is 7.23. The van der Waals surface area contributed by atoms with Crippen LogP contribution in [-0.2, 0) is 7.05 Å². The van der Waals surface area contributed by atoms with E-state index >= 15 is 0 Å². The topological polar surface area (TPSA) is 59.6 Å². The van der Waals surface area contributed by atoms with Gasteiger partial charge in [0.1, 0.15) is 16.5 Å². The first-order chi connectivity index (χ1) is 11.7. The number of benzene rings is 2. The molecular weight excluding hydrogens is 322 g/mol. The summed E-state index contributed by atoms with van der Waals surface area (Å²) in [6.45, 7) is 0. The lowest BCUT2D eigenvalue weighted by molar-refractivity contribution is 0.321. The average molecular weight is 339 g/mol. The normalized spacial score (nSPS) is 11.1. The van der Waals surface area contributed by atoms with Crippen LogP contribution in [0.1, 0.15) is 5.56 Å². The van der Waals surface area contributed by atoms with E-state index in [0.717, 1.165) is 32.5 Å². The van der Waals surface area contributed by atoms with Crippen molar-refractivity contribution in [1.82, 2.24) is 9.78 Å². The fourth-order valence-electron chi connectivity index (χ4n) is 2.38. The zero-order chi connectivity index (χ0) is 16.9. The smallest absolute Gasteiger partial charge is 0.118 e. The van der Waals surface area contributed by atoms with Crippen LogP contribution in [0, 0.1) is 0 Å². The Balaban J connectivity index is 2.02. The Labute approximate surface area is 144 Å². The Morgan fingerprint density at radius 3 is 2.46 bits per heavy atom. The maximum atomic E-state index is 9.07. The summed E-state index contributed by atoms with van der Waals surface area (Å²) in [7, 11) is 3.53. The summed E-state index contributed by atoms with van der Waals surface area (Å²) >= 11 is 1.56. The van der Waals surface area contributed by atoms with Gasteiger partial charge in [0, 0.05) is 17.5 Å². The molecule has 0 saturated carbocycles. The van der Waals surface area contributed by atoms with E-state index in [1.807, 2.05) is 61.6 Å². The number of oxime groups is 1. The summed E-state index contributed by atoms with van der Waals surface area (Å²) in [6.07, 6.45) is 1.43. The SMILES string of the molecule is COc1ccc(Sc2c(/C=N/O)c(-c3ccccc3)nn2C)cc1. The van der Waals surface area contributed by atoms with Gasteiger partial charge in [-0.1, -0.05) is 47.2 Å². The number of nitrogens with zero attached hydrogens (tertiary/aromatic N) is 3. The molecule has 0 aliphatic rings. The molecule has 3 aromatic rings. The quantitative estimate of drug-likeness (QED) is 0.433. The van der Waals surface area contributed by atoms with Crippen molar-refractivity contribution in [2.24, 2.45) is 12.2 Å². The Kier molecular flexibility index (Phi) is 4.86. The lowest BCUT2D eigenvalue weighted by Gasteiger charge is -2.05. The van der Waals surface area contributed by atoms with Crippen LogP contribution in [0.15, 0.2) is 69.7 Å². The van der Waals surface area contributed by atoms with Crippen LogP contribution in [0.3, 0.4) is 0 Å². The van der Waals surface area contributed by atoms with Crippen molar-refractivity contribution in [2.75, 3.05) is 7.11 Å². The van der Waals surface area contributed by atoms with Gasteiger partial charge in [-0.3, -0.25) is 4.68 Å². The van der Waals surface area contributed by atoms with Crippen LogP contribution < -0.4 is 4.74 Å². The minimum Gasteiger partial charge on any atom is -0.497 e. The number of ether oxygens (including phenoxy) is 1. The molecule has 0 spiro atoms. The van der Waals surface area contributed by atoms with Crippen LogP contribution in [0.5, 0.6) is 5.75 Å². The molecule has 1 heterocycles. The molecule has 1 aromatic heterocycles. The van der Waals surface area contributed by atoms with Gasteiger partial charge in [-0.15, -0.1) is 0 Å². The van der Waals surface area contributed by atoms with Gasteiger partial charge >= 0.3 is 0 Å². The van der Waals surface area contributed by atoms with Crippen LogP contribution >= 0.6 is 11.8 Å². The molecule has 0 fully saturated rings. The summed E-state index contributed by atoms with van der Waals surface area (Å²) in [5.74, 6) is 0.812. The van der Waals surface area contributed by atoms with E-state index in [2.05, 4.69) is 10.3 Å². The summed E-state index contributed by atoms with van der Waals surface area (Å²) < 4.78 is 6.99. The van der Waals surface area contributed by atoms with E-state index < -0.39 is 0 Å². The highest BCUT2D eigenvalue weighted by molar-refractivity contribution is 7.99. The first kappa shape index (κ1) is 16.1. The summed E-state index contributed by atoms with van der Waals surface area (Å²) in [5, 5.41) is 17.8. The maximum absolute atomic E-state index is 9.07. The van der Waals surface area contributed by atoms with E-state index in [1.54, 1.807) is 23.6 Å². The molecule has 5 nitrogen and oxygen atoms in total. The zero-order valence-corrected chi connectivity index (χ0v) is 14.2. The average Bonchev–Trinajstić information content (AvgIpc) is 2.93. The molecule has 0 saturated heterocycles. The Morgan fingerprint density at radius 1 is 1.12 bits per heavy atom. The second-order valence-corrected chi connectivity index (χ2v) is 6.14. The third kappa shape index (κ3) is 3.28. The van der Waals surface area contributed by atoms with Crippen molar-refractivity contribution >= 4 is 18.0 Å². The van der Waals surface area contributed by atoms with Gasteiger partial charge in [-0.2, -0.15) is 5.10 Å². The molecule has 3 rings (SSSR count). The number of hydrogen-bond donors (Lipinski definition) is 1. The zero-order valence-electron chi connectivity index (χ0n) is 13.4. The van der Waals surface area contributed by atoms with E-state index in [-0.39, 0.29) is 0 Å². The number of methoxy groups -OCH3 is 1. The molecule has 0 aliphatic carbocycles. The van der Waals surface area contributed by atoms with E-state index in [4.69, 9.17) is 9.94 Å². The lowest BCUT2D eigenvalue weighted by atomic mass is 10.1. The number of rotatable bonds is 5. The van der Waals surface area contributed by atoms with Crippen molar-refractivity contribution in [3.8, 4) is 17.0 Å². The number of aromatic nitrogens is 2. The van der Waals surface area contributed by atoms with Gasteiger partial charge in [0.2, 0.25) is 0 Å². The van der Waals surface area contributed by atoms with Crippen LogP contribution in [0.25, 0.3) is 11.3 Å². The van der Waals surface area contributed by atoms with Crippen molar-refractivity contribution in [2.45, 2.75) is 9.92 Å². The molecule has 0 aliphatic heterocycles. The van der Waals surface area contributed by atoms with Gasteiger partial charge in [-0.25, -0.2) is 0 Å². The molecular formula is C18H17N3O2S. The number of hydrogen-bond acceptors (Lipinski definition) is 5. The Bertz CT molecular complexity index is 843. The fourth-order valence-corrected chi connectivity index (χ4v) is 3.31. The van der Waals surface area contributed by atoms with Crippen LogP contribution in [0.2, 0.25) is 0 Å². The van der Waals surface area contributed by atoms with Crippen molar-refractivity contribution < 1.29 is 9.94 Å². The first-order valence-corrected chi connectivity index (χ1v) is 8.16. The molecule has 1 N–H and O–H groups in total. The van der Waals surface area contributed by atoms with Gasteiger partial charge < -0.3 is 9.94 Å². The predicted octanol–water partition coefficient (Wildman–Crippen LogP) is 4.06. The predicted molar refractivity (Wildman–Crippen MR) is 95.1 cm³/mol. The van der Waals surface area contributed by atoms with Crippen molar-refractivity contribution in [1.29, 1.82) is 0 Å². The molecule has 6 heteroatoms. The minimum atomic E-state index is 0.784. The second-order valence-electron chi connectivity index (χ2n) is 5.08. The van der Waals surface area contributed by atoms with Crippen molar-refractivity contribution in [3.63, 3.8) is 0 Å². The Morgan fingerprint density at radius 2 is 1.83 bits per heavy atom. The summed E-state index contributed by atoms with van der Waals surface area (Å²) in [5.41, 5.74) is 2.54. The third-order valence-corrected chi connectivity index (χ3v) is 4.72. The third-order valence-electron chi connectivity index (χ3n) is 3.54. The summed E-state index contributed by atoms with van der Waals surface area (Å²) in [6, 6.07) is 17.6. The molecule has 0 radical (unpaired) electrons. The van der Waals surface area contributed by atoms with E-state index in [9.17, 15) is 0 Å². The molecule has 0 bridgehead atoms. The van der Waals surface area contributed by atoms with Gasteiger partial charge in [0.05, 0.1) is 18.9 Å².